The highest BCUT2D eigenvalue weighted by atomic mass is 16.1. The maximum Gasteiger partial charge on any atom is 0.133 e. The van der Waals surface area contributed by atoms with Crippen molar-refractivity contribution in [1.82, 2.24) is 0 Å². The summed E-state index contributed by atoms with van der Waals surface area (Å²) in [5.41, 5.74) is 1.68. The highest BCUT2D eigenvalue weighted by Gasteiger charge is 2.19. The quantitative estimate of drug-likeness (QED) is 0.580. The Bertz CT molecular complexity index is 234. The molecule has 0 unspecified atom stereocenters. The van der Waals surface area contributed by atoms with Crippen LogP contribution in [-0.2, 0) is 4.79 Å². The lowest BCUT2D eigenvalue weighted by atomic mass is 9.89. The molecule has 1 nitrogen and oxygen atoms in total. The second kappa shape index (κ2) is 4.77. The van der Waals surface area contributed by atoms with Crippen molar-refractivity contribution in [3.63, 3.8) is 0 Å². The van der Waals surface area contributed by atoms with E-state index in [0.29, 0.717) is 5.78 Å². The SMILES string of the molecule is O=C1CCC=C(C2CCCC2)CCC1. The van der Waals surface area contributed by atoms with Gasteiger partial charge in [-0.05, 0) is 38.0 Å². The van der Waals surface area contributed by atoms with Gasteiger partial charge in [-0.2, -0.15) is 0 Å². The molecule has 1 fully saturated rings. The van der Waals surface area contributed by atoms with E-state index in [9.17, 15) is 4.79 Å². The summed E-state index contributed by atoms with van der Waals surface area (Å²) < 4.78 is 0. The minimum Gasteiger partial charge on any atom is -0.300 e. The van der Waals surface area contributed by atoms with Crippen LogP contribution in [0.15, 0.2) is 11.6 Å². The summed E-state index contributed by atoms with van der Waals surface area (Å²) in [6.45, 7) is 0. The lowest BCUT2D eigenvalue weighted by molar-refractivity contribution is -0.119. The molecule has 2 aliphatic carbocycles. The first-order valence-electron chi connectivity index (χ1n) is 6.07. The summed E-state index contributed by atoms with van der Waals surface area (Å²) in [5, 5.41) is 0. The molecule has 0 aliphatic heterocycles. The fourth-order valence-corrected chi connectivity index (χ4v) is 2.80. The lowest BCUT2D eigenvalue weighted by Crippen LogP contribution is -2.05. The van der Waals surface area contributed by atoms with E-state index in [1.807, 2.05) is 0 Å². The van der Waals surface area contributed by atoms with Gasteiger partial charge in [-0.15, -0.1) is 0 Å². The fraction of sp³-hybridized carbons (Fsp3) is 0.769. The summed E-state index contributed by atoms with van der Waals surface area (Å²) in [4.78, 5) is 11.2. The monoisotopic (exact) mass is 192 g/mol. The van der Waals surface area contributed by atoms with Crippen molar-refractivity contribution < 1.29 is 4.79 Å². The van der Waals surface area contributed by atoms with Crippen molar-refractivity contribution in [2.75, 3.05) is 0 Å². The second-order valence-corrected chi connectivity index (χ2v) is 4.69. The largest absolute Gasteiger partial charge is 0.300 e. The van der Waals surface area contributed by atoms with Crippen LogP contribution in [0.5, 0.6) is 0 Å². The van der Waals surface area contributed by atoms with Crippen molar-refractivity contribution >= 4 is 5.78 Å². The summed E-state index contributed by atoms with van der Waals surface area (Å²) in [5.74, 6) is 1.34. The molecule has 0 aromatic heterocycles. The van der Waals surface area contributed by atoms with Crippen LogP contribution in [0.3, 0.4) is 0 Å². The van der Waals surface area contributed by atoms with Gasteiger partial charge in [-0.1, -0.05) is 24.5 Å². The number of allylic oxidation sites excluding steroid dienone is 2. The molecule has 2 aliphatic rings. The van der Waals surface area contributed by atoms with E-state index in [4.69, 9.17) is 0 Å². The van der Waals surface area contributed by atoms with Gasteiger partial charge < -0.3 is 0 Å². The summed E-state index contributed by atoms with van der Waals surface area (Å²) >= 11 is 0. The first-order chi connectivity index (χ1) is 6.86. The van der Waals surface area contributed by atoms with Gasteiger partial charge in [0, 0.05) is 12.8 Å². The van der Waals surface area contributed by atoms with E-state index in [2.05, 4.69) is 6.08 Å². The summed E-state index contributed by atoms with van der Waals surface area (Å²) in [6.07, 6.45) is 12.9. The summed E-state index contributed by atoms with van der Waals surface area (Å²) in [6, 6.07) is 0. The van der Waals surface area contributed by atoms with Crippen LogP contribution >= 0.6 is 0 Å². The zero-order chi connectivity index (χ0) is 9.80. The number of hydrogen-bond acceptors (Lipinski definition) is 1. The van der Waals surface area contributed by atoms with E-state index in [1.165, 1.54) is 32.1 Å². The van der Waals surface area contributed by atoms with Gasteiger partial charge in [0.25, 0.3) is 0 Å². The van der Waals surface area contributed by atoms with Gasteiger partial charge in [0.2, 0.25) is 0 Å². The van der Waals surface area contributed by atoms with Crippen molar-refractivity contribution in [1.29, 1.82) is 0 Å². The molecule has 1 saturated carbocycles. The number of ketones is 1. The summed E-state index contributed by atoms with van der Waals surface area (Å²) in [7, 11) is 0. The molecule has 0 N–H and O–H groups in total. The normalized spacial score (nSPS) is 25.7. The number of hydrogen-bond donors (Lipinski definition) is 0. The smallest absolute Gasteiger partial charge is 0.133 e. The van der Waals surface area contributed by atoms with Crippen LogP contribution in [0.2, 0.25) is 0 Å². The molecule has 2 rings (SSSR count). The molecule has 0 amide bonds. The molecule has 0 spiro atoms. The van der Waals surface area contributed by atoms with E-state index < -0.39 is 0 Å². The Labute approximate surface area is 86.6 Å². The molecule has 78 valence electrons. The van der Waals surface area contributed by atoms with E-state index >= 15 is 0 Å². The number of carbonyl (C=O) groups is 1. The number of Topliss-reactive ketones (excluding diaryl/α,β-unsaturated/α-hetero) is 1. The van der Waals surface area contributed by atoms with Gasteiger partial charge in [0.15, 0.2) is 0 Å². The fourth-order valence-electron chi connectivity index (χ4n) is 2.80. The topological polar surface area (TPSA) is 17.1 Å². The standard InChI is InChI=1S/C13H20O/c14-13-9-3-7-12(8-4-10-13)11-5-1-2-6-11/h7,11H,1-6,8-10H2. The van der Waals surface area contributed by atoms with Crippen LogP contribution in [0.25, 0.3) is 0 Å². The van der Waals surface area contributed by atoms with Crippen molar-refractivity contribution in [3.05, 3.63) is 11.6 Å². The lowest BCUT2D eigenvalue weighted by Gasteiger charge is -2.16. The highest BCUT2D eigenvalue weighted by Crippen LogP contribution is 2.34. The zero-order valence-electron chi connectivity index (χ0n) is 8.93. The third-order valence-electron chi connectivity index (χ3n) is 3.63. The molecule has 0 saturated heterocycles. The first-order valence-corrected chi connectivity index (χ1v) is 6.07. The van der Waals surface area contributed by atoms with Crippen LogP contribution < -0.4 is 0 Å². The maximum absolute atomic E-state index is 11.2. The molecule has 1 heteroatoms. The Hall–Kier alpha value is -0.590. The predicted octanol–water partition coefficient (Wildman–Crippen LogP) is 3.64. The van der Waals surface area contributed by atoms with Gasteiger partial charge in [-0.25, -0.2) is 0 Å². The maximum atomic E-state index is 11.2. The van der Waals surface area contributed by atoms with Gasteiger partial charge in [0.05, 0.1) is 0 Å². The van der Waals surface area contributed by atoms with Gasteiger partial charge in [-0.3, -0.25) is 4.79 Å². The number of carbonyl (C=O) groups excluding carboxylic acids is 1. The van der Waals surface area contributed by atoms with E-state index in [0.717, 1.165) is 31.6 Å². The van der Waals surface area contributed by atoms with Crippen molar-refractivity contribution in [2.24, 2.45) is 5.92 Å². The van der Waals surface area contributed by atoms with Crippen LogP contribution in [0.4, 0.5) is 0 Å². The Kier molecular flexibility index (Phi) is 3.39. The van der Waals surface area contributed by atoms with E-state index in [-0.39, 0.29) is 0 Å². The molecule has 0 heterocycles. The molecule has 0 bridgehead atoms. The molecule has 0 aromatic carbocycles. The Balaban J connectivity index is 1.95. The first kappa shape index (κ1) is 9.95. The Morgan fingerprint density at radius 2 is 1.79 bits per heavy atom. The Morgan fingerprint density at radius 3 is 2.57 bits per heavy atom. The third-order valence-corrected chi connectivity index (χ3v) is 3.63. The van der Waals surface area contributed by atoms with E-state index in [1.54, 1.807) is 5.57 Å². The average Bonchev–Trinajstić information content (AvgIpc) is 2.63. The molecule has 0 aromatic rings. The second-order valence-electron chi connectivity index (χ2n) is 4.69. The average molecular weight is 192 g/mol. The van der Waals surface area contributed by atoms with Crippen LogP contribution in [0.1, 0.15) is 57.8 Å². The predicted molar refractivity (Wildman–Crippen MR) is 58.1 cm³/mol. The number of rotatable bonds is 1. The van der Waals surface area contributed by atoms with Gasteiger partial charge in [0.1, 0.15) is 5.78 Å². The third kappa shape index (κ3) is 2.46. The van der Waals surface area contributed by atoms with Gasteiger partial charge >= 0.3 is 0 Å². The molecule has 0 atom stereocenters. The molecular weight excluding hydrogens is 172 g/mol. The molecule has 14 heavy (non-hydrogen) atoms. The van der Waals surface area contributed by atoms with Crippen LogP contribution in [0, 0.1) is 5.92 Å². The Morgan fingerprint density at radius 1 is 1.00 bits per heavy atom. The van der Waals surface area contributed by atoms with Crippen molar-refractivity contribution in [3.8, 4) is 0 Å². The molecule has 0 radical (unpaired) electrons. The van der Waals surface area contributed by atoms with Crippen molar-refractivity contribution in [2.45, 2.75) is 57.8 Å². The highest BCUT2D eigenvalue weighted by molar-refractivity contribution is 5.78. The van der Waals surface area contributed by atoms with Crippen LogP contribution in [-0.4, -0.2) is 5.78 Å². The minimum atomic E-state index is 0.465. The zero-order valence-corrected chi connectivity index (χ0v) is 8.93. The minimum absolute atomic E-state index is 0.465. The molecular formula is C13H20O.